The molecule has 2 aromatic rings. The van der Waals surface area contributed by atoms with Crippen molar-refractivity contribution in [3.05, 3.63) is 40.5 Å². The van der Waals surface area contributed by atoms with Crippen LogP contribution in [0.15, 0.2) is 22.6 Å². The lowest BCUT2D eigenvalue weighted by Crippen LogP contribution is -2.05. The maximum Gasteiger partial charge on any atom is 0.374 e. The van der Waals surface area contributed by atoms with Crippen molar-refractivity contribution in [2.24, 2.45) is 0 Å². The molecule has 0 fully saturated rings. The average molecular weight is 286 g/mol. The van der Waals surface area contributed by atoms with Crippen molar-refractivity contribution >= 4 is 23.5 Å². The third kappa shape index (κ3) is 2.41. The van der Waals surface area contributed by atoms with Gasteiger partial charge in [0.1, 0.15) is 5.82 Å². The first-order valence-corrected chi connectivity index (χ1v) is 5.20. The van der Waals surface area contributed by atoms with Gasteiger partial charge in [-0.3, -0.25) is 0 Å². The van der Waals surface area contributed by atoms with Crippen molar-refractivity contribution < 1.29 is 28.6 Å². The summed E-state index contributed by atoms with van der Waals surface area (Å²) in [6.45, 7) is 0. The van der Waals surface area contributed by atoms with Crippen LogP contribution in [0.3, 0.4) is 0 Å². The van der Waals surface area contributed by atoms with E-state index in [0.717, 1.165) is 6.07 Å². The van der Waals surface area contributed by atoms with Gasteiger partial charge in [-0.15, -0.1) is 0 Å². The molecular weight excluding hydrogens is 281 g/mol. The van der Waals surface area contributed by atoms with Gasteiger partial charge >= 0.3 is 11.9 Å². The van der Waals surface area contributed by atoms with E-state index in [4.69, 9.17) is 26.2 Å². The molecule has 0 atom stereocenters. The molecular formula is C11H5ClFNO5. The van der Waals surface area contributed by atoms with Gasteiger partial charge in [0.05, 0.1) is 5.02 Å². The van der Waals surface area contributed by atoms with Crippen LogP contribution in [0.2, 0.25) is 5.02 Å². The van der Waals surface area contributed by atoms with Crippen LogP contribution in [0.25, 0.3) is 11.5 Å². The number of carbonyl (C=O) groups is 2. The van der Waals surface area contributed by atoms with Crippen LogP contribution in [0, 0.1) is 5.82 Å². The number of nitrogens with zero attached hydrogens (tertiary/aromatic N) is 1. The Morgan fingerprint density at radius 3 is 2.42 bits per heavy atom. The van der Waals surface area contributed by atoms with Crippen molar-refractivity contribution in [1.29, 1.82) is 0 Å². The van der Waals surface area contributed by atoms with Gasteiger partial charge in [0.25, 0.3) is 0 Å². The van der Waals surface area contributed by atoms with Crippen LogP contribution in [-0.4, -0.2) is 27.1 Å². The van der Waals surface area contributed by atoms with Gasteiger partial charge in [-0.2, -0.15) is 0 Å². The molecule has 19 heavy (non-hydrogen) atoms. The standard InChI is InChI=1S/C11H5ClFNO5/c12-5-2-1-4(3-6(5)13)9-14-7(10(15)16)8(19-9)11(17)18/h1-3H,(H,15,16)(H,17,18). The Balaban J connectivity index is 2.57. The number of halogens is 2. The lowest BCUT2D eigenvalue weighted by Gasteiger charge is -1.97. The predicted octanol–water partition coefficient (Wildman–Crippen LogP) is 2.53. The summed E-state index contributed by atoms with van der Waals surface area (Å²) in [6.07, 6.45) is 0. The van der Waals surface area contributed by atoms with Crippen molar-refractivity contribution in [2.45, 2.75) is 0 Å². The van der Waals surface area contributed by atoms with Crippen LogP contribution in [-0.2, 0) is 0 Å². The maximum absolute atomic E-state index is 13.3. The first-order valence-electron chi connectivity index (χ1n) is 4.83. The highest BCUT2D eigenvalue weighted by Crippen LogP contribution is 2.25. The van der Waals surface area contributed by atoms with E-state index in [1.165, 1.54) is 12.1 Å². The second-order valence-electron chi connectivity index (χ2n) is 3.44. The van der Waals surface area contributed by atoms with E-state index in [-0.39, 0.29) is 16.5 Å². The first-order chi connectivity index (χ1) is 8.90. The zero-order valence-electron chi connectivity index (χ0n) is 9.05. The SMILES string of the molecule is O=C(O)c1nc(-c2ccc(Cl)c(F)c2)oc1C(=O)O. The Labute approximate surface area is 110 Å². The molecule has 0 aliphatic heterocycles. The normalized spacial score (nSPS) is 10.4. The van der Waals surface area contributed by atoms with Crippen molar-refractivity contribution in [3.63, 3.8) is 0 Å². The second kappa shape index (κ2) is 4.69. The molecule has 2 N–H and O–H groups in total. The zero-order chi connectivity index (χ0) is 14.2. The Bertz CT molecular complexity index is 650. The van der Waals surface area contributed by atoms with Gasteiger partial charge in [-0.1, -0.05) is 11.6 Å². The topological polar surface area (TPSA) is 101 Å². The van der Waals surface area contributed by atoms with Crippen LogP contribution >= 0.6 is 11.6 Å². The Morgan fingerprint density at radius 1 is 1.26 bits per heavy atom. The van der Waals surface area contributed by atoms with Gasteiger partial charge in [0.15, 0.2) is 0 Å². The Morgan fingerprint density at radius 2 is 1.95 bits per heavy atom. The van der Waals surface area contributed by atoms with Gasteiger partial charge < -0.3 is 14.6 Å². The average Bonchev–Trinajstić information content (AvgIpc) is 2.78. The third-order valence-corrected chi connectivity index (χ3v) is 2.50. The lowest BCUT2D eigenvalue weighted by molar-refractivity contribution is 0.0624. The van der Waals surface area contributed by atoms with Crippen LogP contribution in [0.5, 0.6) is 0 Å². The van der Waals surface area contributed by atoms with Gasteiger partial charge in [0.2, 0.25) is 17.3 Å². The van der Waals surface area contributed by atoms with Crippen molar-refractivity contribution in [2.75, 3.05) is 0 Å². The number of carboxylic acids is 2. The Kier molecular flexibility index (Phi) is 3.22. The zero-order valence-corrected chi connectivity index (χ0v) is 9.81. The maximum atomic E-state index is 13.3. The van der Waals surface area contributed by atoms with E-state index in [1.807, 2.05) is 0 Å². The molecule has 0 aliphatic carbocycles. The third-order valence-electron chi connectivity index (χ3n) is 2.19. The molecule has 6 nitrogen and oxygen atoms in total. The molecule has 0 bridgehead atoms. The molecule has 0 amide bonds. The summed E-state index contributed by atoms with van der Waals surface area (Å²) in [7, 11) is 0. The minimum absolute atomic E-state index is 0.0805. The van der Waals surface area contributed by atoms with E-state index < -0.39 is 29.2 Å². The number of hydrogen-bond acceptors (Lipinski definition) is 4. The van der Waals surface area contributed by atoms with E-state index in [1.54, 1.807) is 0 Å². The smallest absolute Gasteiger partial charge is 0.374 e. The Hall–Kier alpha value is -2.41. The van der Waals surface area contributed by atoms with E-state index in [2.05, 4.69) is 4.98 Å². The highest BCUT2D eigenvalue weighted by molar-refractivity contribution is 6.30. The predicted molar refractivity (Wildman–Crippen MR) is 60.8 cm³/mol. The van der Waals surface area contributed by atoms with E-state index in [0.29, 0.717) is 0 Å². The summed E-state index contributed by atoms with van der Waals surface area (Å²) < 4.78 is 18.1. The summed E-state index contributed by atoms with van der Waals surface area (Å²) in [5, 5.41) is 17.4. The molecule has 1 aromatic heterocycles. The summed E-state index contributed by atoms with van der Waals surface area (Å²) >= 11 is 5.49. The quantitative estimate of drug-likeness (QED) is 0.898. The van der Waals surface area contributed by atoms with E-state index >= 15 is 0 Å². The summed E-state index contributed by atoms with van der Waals surface area (Å²) in [5.74, 6) is -5.03. The van der Waals surface area contributed by atoms with Crippen LogP contribution < -0.4 is 0 Å². The number of carboxylic acid groups (broad SMARTS) is 2. The number of benzene rings is 1. The fourth-order valence-corrected chi connectivity index (χ4v) is 1.48. The molecule has 0 spiro atoms. The number of hydrogen-bond donors (Lipinski definition) is 2. The van der Waals surface area contributed by atoms with Gasteiger partial charge in [-0.05, 0) is 18.2 Å². The number of rotatable bonds is 3. The molecule has 8 heteroatoms. The minimum atomic E-state index is -1.58. The lowest BCUT2D eigenvalue weighted by atomic mass is 10.2. The number of aromatic carboxylic acids is 2. The summed E-state index contributed by atoms with van der Waals surface area (Å²) in [4.78, 5) is 25.1. The molecule has 1 aromatic carbocycles. The highest BCUT2D eigenvalue weighted by Gasteiger charge is 2.25. The fourth-order valence-electron chi connectivity index (χ4n) is 1.36. The van der Waals surface area contributed by atoms with Crippen LogP contribution in [0.4, 0.5) is 4.39 Å². The molecule has 0 radical (unpaired) electrons. The van der Waals surface area contributed by atoms with Gasteiger partial charge in [0, 0.05) is 5.56 Å². The van der Waals surface area contributed by atoms with Gasteiger partial charge in [-0.25, -0.2) is 19.0 Å². The molecule has 1 heterocycles. The molecule has 98 valence electrons. The molecule has 0 unspecified atom stereocenters. The molecule has 0 saturated heterocycles. The van der Waals surface area contributed by atoms with Crippen molar-refractivity contribution in [3.8, 4) is 11.5 Å². The molecule has 0 saturated carbocycles. The van der Waals surface area contributed by atoms with E-state index in [9.17, 15) is 14.0 Å². The molecule has 0 aliphatic rings. The van der Waals surface area contributed by atoms with Crippen molar-refractivity contribution in [1.82, 2.24) is 4.98 Å². The first kappa shape index (κ1) is 13.0. The minimum Gasteiger partial charge on any atom is -0.476 e. The largest absolute Gasteiger partial charge is 0.476 e. The summed E-state index contributed by atoms with van der Waals surface area (Å²) in [5.41, 5.74) is -0.672. The molecule has 2 rings (SSSR count). The highest BCUT2D eigenvalue weighted by atomic mass is 35.5. The van der Waals surface area contributed by atoms with Crippen LogP contribution in [0.1, 0.15) is 21.0 Å². The fraction of sp³-hybridized carbons (Fsp3) is 0. The number of oxazole rings is 1. The summed E-state index contributed by atoms with van der Waals surface area (Å²) in [6, 6.07) is 3.51. The second-order valence-corrected chi connectivity index (χ2v) is 3.84. The monoisotopic (exact) mass is 285 g/mol. The number of aromatic nitrogens is 1.